The lowest BCUT2D eigenvalue weighted by atomic mass is 10.2. The zero-order chi connectivity index (χ0) is 16.8. The SMILES string of the molecule is CN(C(=O)c1cc(NCc2ccccc2)ncn1)c1ccccc1. The Morgan fingerprint density at radius 1 is 1.00 bits per heavy atom. The Bertz CT molecular complexity index is 806. The summed E-state index contributed by atoms with van der Waals surface area (Å²) in [5.41, 5.74) is 2.32. The molecule has 5 heteroatoms. The minimum atomic E-state index is -0.175. The first-order chi connectivity index (χ1) is 11.7. The number of anilines is 2. The summed E-state index contributed by atoms with van der Waals surface area (Å²) >= 11 is 0. The summed E-state index contributed by atoms with van der Waals surface area (Å²) in [5, 5.41) is 3.21. The molecule has 1 N–H and O–H groups in total. The Kier molecular flexibility index (Phi) is 4.81. The number of carbonyl (C=O) groups excluding carboxylic acids is 1. The van der Waals surface area contributed by atoms with E-state index in [0.717, 1.165) is 11.3 Å². The standard InChI is InChI=1S/C19H18N4O/c1-23(16-10-6-3-7-11-16)19(24)17-12-18(22-14-21-17)20-13-15-8-4-2-5-9-15/h2-12,14H,13H2,1H3,(H,20,21,22). The van der Waals surface area contributed by atoms with E-state index in [9.17, 15) is 4.79 Å². The fourth-order valence-corrected chi connectivity index (χ4v) is 2.30. The fourth-order valence-electron chi connectivity index (χ4n) is 2.30. The van der Waals surface area contributed by atoms with E-state index in [2.05, 4.69) is 15.3 Å². The molecular weight excluding hydrogens is 300 g/mol. The normalized spacial score (nSPS) is 10.2. The molecule has 3 aromatic rings. The molecule has 24 heavy (non-hydrogen) atoms. The lowest BCUT2D eigenvalue weighted by Gasteiger charge is -2.17. The van der Waals surface area contributed by atoms with Crippen molar-refractivity contribution in [3.05, 3.63) is 84.3 Å². The molecule has 0 saturated carbocycles. The van der Waals surface area contributed by atoms with Crippen LogP contribution < -0.4 is 10.2 Å². The third kappa shape index (κ3) is 3.76. The second-order valence-corrected chi connectivity index (χ2v) is 5.33. The van der Waals surface area contributed by atoms with E-state index in [1.807, 2.05) is 60.7 Å². The Labute approximate surface area is 141 Å². The van der Waals surface area contributed by atoms with Crippen molar-refractivity contribution >= 4 is 17.4 Å². The van der Waals surface area contributed by atoms with Gasteiger partial charge in [-0.25, -0.2) is 9.97 Å². The van der Waals surface area contributed by atoms with Crippen LogP contribution in [0.15, 0.2) is 73.1 Å². The highest BCUT2D eigenvalue weighted by molar-refractivity contribution is 6.04. The van der Waals surface area contributed by atoms with Gasteiger partial charge >= 0.3 is 0 Å². The van der Waals surface area contributed by atoms with Crippen LogP contribution in [0.25, 0.3) is 0 Å². The van der Waals surface area contributed by atoms with Gasteiger partial charge in [-0.3, -0.25) is 4.79 Å². The van der Waals surface area contributed by atoms with Crippen molar-refractivity contribution in [3.8, 4) is 0 Å². The van der Waals surface area contributed by atoms with Crippen molar-refractivity contribution in [2.45, 2.75) is 6.54 Å². The summed E-state index contributed by atoms with van der Waals surface area (Å²) in [6.45, 7) is 0.639. The second kappa shape index (κ2) is 7.37. The van der Waals surface area contributed by atoms with Crippen LogP contribution in [0.3, 0.4) is 0 Å². The van der Waals surface area contributed by atoms with Crippen molar-refractivity contribution in [1.29, 1.82) is 0 Å². The van der Waals surface area contributed by atoms with Crippen molar-refractivity contribution in [3.63, 3.8) is 0 Å². The monoisotopic (exact) mass is 318 g/mol. The maximum absolute atomic E-state index is 12.6. The van der Waals surface area contributed by atoms with Gasteiger partial charge in [-0.1, -0.05) is 48.5 Å². The van der Waals surface area contributed by atoms with Crippen molar-refractivity contribution in [2.75, 3.05) is 17.3 Å². The molecule has 0 aliphatic carbocycles. The lowest BCUT2D eigenvalue weighted by molar-refractivity contribution is 0.0988. The number of carbonyl (C=O) groups is 1. The molecule has 0 saturated heterocycles. The molecule has 5 nitrogen and oxygen atoms in total. The van der Waals surface area contributed by atoms with Crippen LogP contribution >= 0.6 is 0 Å². The van der Waals surface area contributed by atoms with Gasteiger partial charge in [0.1, 0.15) is 17.8 Å². The highest BCUT2D eigenvalue weighted by atomic mass is 16.2. The number of rotatable bonds is 5. The summed E-state index contributed by atoms with van der Waals surface area (Å²) < 4.78 is 0. The van der Waals surface area contributed by atoms with Gasteiger partial charge in [0, 0.05) is 25.3 Å². The van der Waals surface area contributed by atoms with Crippen LogP contribution in [-0.2, 0) is 6.54 Å². The molecule has 0 unspecified atom stereocenters. The molecule has 120 valence electrons. The average Bonchev–Trinajstić information content (AvgIpc) is 2.67. The van der Waals surface area contributed by atoms with Gasteiger partial charge in [0.05, 0.1) is 0 Å². The Balaban J connectivity index is 1.71. The number of nitrogens with one attached hydrogen (secondary N) is 1. The number of nitrogens with zero attached hydrogens (tertiary/aromatic N) is 3. The Hall–Kier alpha value is -3.21. The number of aromatic nitrogens is 2. The molecule has 0 spiro atoms. The minimum Gasteiger partial charge on any atom is -0.366 e. The van der Waals surface area contributed by atoms with Crippen LogP contribution in [-0.4, -0.2) is 22.9 Å². The van der Waals surface area contributed by atoms with E-state index in [0.29, 0.717) is 18.1 Å². The molecule has 2 aromatic carbocycles. The number of benzene rings is 2. The molecule has 1 amide bonds. The third-order valence-electron chi connectivity index (χ3n) is 3.65. The van der Waals surface area contributed by atoms with Gasteiger partial charge in [0.2, 0.25) is 0 Å². The van der Waals surface area contributed by atoms with Crippen molar-refractivity contribution in [1.82, 2.24) is 9.97 Å². The van der Waals surface area contributed by atoms with Crippen LogP contribution in [0.5, 0.6) is 0 Å². The zero-order valence-corrected chi connectivity index (χ0v) is 13.4. The van der Waals surface area contributed by atoms with Crippen LogP contribution in [0.1, 0.15) is 16.1 Å². The summed E-state index contributed by atoms with van der Waals surface area (Å²) in [6, 6.07) is 21.2. The van der Waals surface area contributed by atoms with E-state index >= 15 is 0 Å². The van der Waals surface area contributed by atoms with Gasteiger partial charge in [-0.15, -0.1) is 0 Å². The molecule has 0 radical (unpaired) electrons. The number of hydrogen-bond acceptors (Lipinski definition) is 4. The maximum atomic E-state index is 12.6. The van der Waals surface area contributed by atoms with E-state index in [1.54, 1.807) is 18.0 Å². The number of amides is 1. The first-order valence-corrected chi connectivity index (χ1v) is 7.67. The predicted octanol–water partition coefficient (Wildman–Crippen LogP) is 3.37. The summed E-state index contributed by atoms with van der Waals surface area (Å²) in [6.07, 6.45) is 1.40. The van der Waals surface area contributed by atoms with Crippen molar-refractivity contribution in [2.24, 2.45) is 0 Å². The zero-order valence-electron chi connectivity index (χ0n) is 13.4. The van der Waals surface area contributed by atoms with E-state index in [1.165, 1.54) is 6.33 Å². The Morgan fingerprint density at radius 2 is 1.67 bits per heavy atom. The molecule has 1 heterocycles. The average molecular weight is 318 g/mol. The van der Waals surface area contributed by atoms with Gasteiger partial charge in [0.15, 0.2) is 0 Å². The van der Waals surface area contributed by atoms with Crippen molar-refractivity contribution < 1.29 is 4.79 Å². The lowest BCUT2D eigenvalue weighted by Crippen LogP contribution is -2.27. The highest BCUT2D eigenvalue weighted by Gasteiger charge is 2.15. The van der Waals surface area contributed by atoms with E-state index < -0.39 is 0 Å². The topological polar surface area (TPSA) is 58.1 Å². The molecular formula is C19H18N4O. The highest BCUT2D eigenvalue weighted by Crippen LogP contribution is 2.15. The van der Waals surface area contributed by atoms with Crippen LogP contribution in [0.2, 0.25) is 0 Å². The molecule has 0 bridgehead atoms. The molecule has 0 aliphatic rings. The first kappa shape index (κ1) is 15.7. The van der Waals surface area contributed by atoms with Gasteiger partial charge in [-0.2, -0.15) is 0 Å². The minimum absolute atomic E-state index is 0.175. The van der Waals surface area contributed by atoms with E-state index in [-0.39, 0.29) is 5.91 Å². The molecule has 0 fully saturated rings. The predicted molar refractivity (Wildman–Crippen MR) is 95.0 cm³/mol. The molecule has 0 aliphatic heterocycles. The fraction of sp³-hybridized carbons (Fsp3) is 0.105. The third-order valence-corrected chi connectivity index (χ3v) is 3.65. The largest absolute Gasteiger partial charge is 0.366 e. The van der Waals surface area contributed by atoms with E-state index in [4.69, 9.17) is 0 Å². The second-order valence-electron chi connectivity index (χ2n) is 5.33. The van der Waals surface area contributed by atoms with Gasteiger partial charge in [-0.05, 0) is 17.7 Å². The Morgan fingerprint density at radius 3 is 2.38 bits per heavy atom. The molecule has 1 aromatic heterocycles. The van der Waals surface area contributed by atoms with Gasteiger partial charge in [0.25, 0.3) is 5.91 Å². The van der Waals surface area contributed by atoms with Crippen LogP contribution in [0.4, 0.5) is 11.5 Å². The molecule has 3 rings (SSSR count). The summed E-state index contributed by atoms with van der Waals surface area (Å²) in [4.78, 5) is 22.4. The van der Waals surface area contributed by atoms with Gasteiger partial charge < -0.3 is 10.2 Å². The summed E-state index contributed by atoms with van der Waals surface area (Å²) in [7, 11) is 1.73. The van der Waals surface area contributed by atoms with Crippen LogP contribution in [0, 0.1) is 0 Å². The number of hydrogen-bond donors (Lipinski definition) is 1. The smallest absolute Gasteiger partial charge is 0.276 e. The first-order valence-electron chi connectivity index (χ1n) is 7.67. The quantitative estimate of drug-likeness (QED) is 0.783. The summed E-state index contributed by atoms with van der Waals surface area (Å²) in [5.74, 6) is 0.449. The maximum Gasteiger partial charge on any atom is 0.276 e. The number of para-hydroxylation sites is 1. The molecule has 0 atom stereocenters.